The van der Waals surface area contributed by atoms with Crippen molar-refractivity contribution in [2.45, 2.75) is 37.8 Å². The van der Waals surface area contributed by atoms with Crippen LogP contribution in [0.5, 0.6) is 0 Å². The Balaban J connectivity index is 1.57. The molecule has 0 amide bonds. The second kappa shape index (κ2) is 6.86. The van der Waals surface area contributed by atoms with Gasteiger partial charge in [-0.3, -0.25) is 9.99 Å². The number of hydrazine groups is 1. The summed E-state index contributed by atoms with van der Waals surface area (Å²) in [5.74, 6) is 7.45. The molecule has 2 aromatic heterocycles. The minimum atomic E-state index is 0.239. The van der Waals surface area contributed by atoms with Gasteiger partial charge >= 0.3 is 0 Å². The quantitative estimate of drug-likeness (QED) is 0.487. The maximum Gasteiger partial charge on any atom is 0.186 e. The molecule has 0 saturated heterocycles. The Morgan fingerprint density at radius 3 is 2.85 bits per heavy atom. The fourth-order valence-corrected chi connectivity index (χ4v) is 3.59. The monoisotopic (exact) mass is 349 g/mol. The van der Waals surface area contributed by atoms with Crippen LogP contribution in [0.1, 0.15) is 36.4 Å². The van der Waals surface area contributed by atoms with Gasteiger partial charge in [0.15, 0.2) is 11.6 Å². The molecule has 0 bridgehead atoms. The summed E-state index contributed by atoms with van der Waals surface area (Å²) in [6.07, 6.45) is 6.51. The molecule has 2 unspecified atom stereocenters. The van der Waals surface area contributed by atoms with Crippen molar-refractivity contribution in [1.82, 2.24) is 15.0 Å². The van der Waals surface area contributed by atoms with Gasteiger partial charge in [-0.15, -0.1) is 0 Å². The highest BCUT2D eigenvalue weighted by Gasteiger charge is 2.25. The molecule has 0 spiro atoms. The van der Waals surface area contributed by atoms with Crippen LogP contribution in [0.4, 0.5) is 11.6 Å². The summed E-state index contributed by atoms with van der Waals surface area (Å²) in [4.78, 5) is 13.3. The minimum absolute atomic E-state index is 0.239. The molecule has 6 N–H and O–H groups in total. The van der Waals surface area contributed by atoms with Gasteiger partial charge in [0.05, 0.1) is 24.0 Å². The molecule has 2 atom stereocenters. The van der Waals surface area contributed by atoms with Gasteiger partial charge in [-0.1, -0.05) is 12.1 Å². The lowest BCUT2D eigenvalue weighted by atomic mass is 10.0. The Morgan fingerprint density at radius 2 is 2.04 bits per heavy atom. The van der Waals surface area contributed by atoms with Gasteiger partial charge in [0.25, 0.3) is 0 Å². The number of nitrogens with zero attached hydrogens (tertiary/aromatic N) is 4. The highest BCUT2D eigenvalue weighted by atomic mass is 15.4. The van der Waals surface area contributed by atoms with Crippen LogP contribution in [-0.4, -0.2) is 21.0 Å². The van der Waals surface area contributed by atoms with Crippen molar-refractivity contribution in [3.05, 3.63) is 54.0 Å². The molecule has 0 aliphatic heterocycles. The van der Waals surface area contributed by atoms with E-state index in [1.165, 1.54) is 0 Å². The van der Waals surface area contributed by atoms with E-state index in [2.05, 4.69) is 16.0 Å². The van der Waals surface area contributed by atoms with E-state index in [-0.39, 0.29) is 6.04 Å². The average Bonchev–Trinajstić information content (AvgIpc) is 3.08. The summed E-state index contributed by atoms with van der Waals surface area (Å²) < 4.78 is 0. The molecule has 3 aromatic rings. The number of fused-ring (bicyclic) bond motifs is 1. The van der Waals surface area contributed by atoms with E-state index in [1.54, 1.807) is 17.4 Å². The Hall–Kier alpha value is -2.77. The number of hydrogen-bond donors (Lipinski definition) is 3. The molecule has 1 aliphatic rings. The fraction of sp³-hybridized carbons (Fsp3) is 0.316. The zero-order valence-corrected chi connectivity index (χ0v) is 14.5. The van der Waals surface area contributed by atoms with Gasteiger partial charge in [-0.25, -0.2) is 15.8 Å². The summed E-state index contributed by atoms with van der Waals surface area (Å²) in [5, 5.41) is 2.63. The number of benzene rings is 1. The van der Waals surface area contributed by atoms with E-state index in [0.717, 1.165) is 41.4 Å². The Bertz CT molecular complexity index is 927. The molecule has 2 heterocycles. The van der Waals surface area contributed by atoms with Crippen molar-refractivity contribution < 1.29 is 0 Å². The third-order valence-electron chi connectivity index (χ3n) is 4.98. The van der Waals surface area contributed by atoms with Crippen LogP contribution in [0.2, 0.25) is 0 Å². The largest absolute Gasteiger partial charge is 0.381 e. The van der Waals surface area contributed by atoms with Crippen LogP contribution in [0.15, 0.2) is 42.7 Å². The predicted octanol–water partition coefficient (Wildman–Crippen LogP) is 2.08. The van der Waals surface area contributed by atoms with Crippen LogP contribution in [0.25, 0.3) is 10.9 Å². The Labute approximate surface area is 152 Å². The molecule has 1 saturated carbocycles. The molecule has 26 heavy (non-hydrogen) atoms. The van der Waals surface area contributed by atoms with Crippen molar-refractivity contribution in [2.24, 2.45) is 11.6 Å². The first kappa shape index (κ1) is 16.7. The van der Waals surface area contributed by atoms with Crippen LogP contribution in [0.3, 0.4) is 0 Å². The molecular weight excluding hydrogens is 326 g/mol. The summed E-state index contributed by atoms with van der Waals surface area (Å²) in [6, 6.07) is 10.3. The zero-order valence-electron chi connectivity index (χ0n) is 14.5. The first-order valence-electron chi connectivity index (χ1n) is 8.84. The molecule has 7 heteroatoms. The molecular formula is C19H23N7. The van der Waals surface area contributed by atoms with Crippen molar-refractivity contribution in [3.8, 4) is 0 Å². The first-order chi connectivity index (χ1) is 12.6. The molecule has 0 radical (unpaired) electrons. The summed E-state index contributed by atoms with van der Waals surface area (Å²) >= 11 is 0. The highest BCUT2D eigenvalue weighted by molar-refractivity contribution is 5.79. The van der Waals surface area contributed by atoms with E-state index >= 15 is 0 Å². The maximum atomic E-state index is 6.28. The average molecular weight is 349 g/mol. The van der Waals surface area contributed by atoms with E-state index < -0.39 is 0 Å². The molecule has 7 nitrogen and oxygen atoms in total. The maximum absolute atomic E-state index is 6.28. The summed E-state index contributed by atoms with van der Waals surface area (Å²) in [5.41, 5.74) is 15.0. The van der Waals surface area contributed by atoms with Crippen molar-refractivity contribution in [3.63, 3.8) is 0 Å². The Morgan fingerprint density at radius 1 is 1.15 bits per heavy atom. The van der Waals surface area contributed by atoms with Crippen molar-refractivity contribution in [1.29, 1.82) is 0 Å². The van der Waals surface area contributed by atoms with Gasteiger partial charge in [-0.2, -0.15) is 0 Å². The molecule has 1 fully saturated rings. The standard InChI is InChI=1S/C19H23N7/c20-15-5-4-14(9-15)17-10-24-18(21)19(25-17)26(22)11-12-3-6-16-13(8-12)2-1-7-23-16/h1-3,6-8,10,14-15H,4-5,9,11,20,22H2,(H2,21,24). The second-order valence-corrected chi connectivity index (χ2v) is 6.93. The van der Waals surface area contributed by atoms with E-state index in [4.69, 9.17) is 22.3 Å². The van der Waals surface area contributed by atoms with Crippen LogP contribution in [-0.2, 0) is 6.54 Å². The fourth-order valence-electron chi connectivity index (χ4n) is 3.59. The lowest BCUT2D eigenvalue weighted by Crippen LogP contribution is -2.32. The minimum Gasteiger partial charge on any atom is -0.381 e. The summed E-state index contributed by atoms with van der Waals surface area (Å²) in [6.45, 7) is 0.483. The van der Waals surface area contributed by atoms with Gasteiger partial charge < -0.3 is 11.5 Å². The van der Waals surface area contributed by atoms with Gasteiger partial charge in [0.2, 0.25) is 0 Å². The van der Waals surface area contributed by atoms with Crippen LogP contribution < -0.4 is 22.3 Å². The number of hydrogen-bond acceptors (Lipinski definition) is 7. The summed E-state index contributed by atoms with van der Waals surface area (Å²) in [7, 11) is 0. The third-order valence-corrected chi connectivity index (χ3v) is 4.98. The van der Waals surface area contributed by atoms with Gasteiger partial charge in [0.1, 0.15) is 0 Å². The number of pyridine rings is 1. The molecule has 4 rings (SSSR count). The van der Waals surface area contributed by atoms with Gasteiger partial charge in [-0.05, 0) is 43.0 Å². The normalized spacial score (nSPS) is 19.8. The van der Waals surface area contributed by atoms with Crippen molar-refractivity contribution >= 4 is 22.5 Å². The second-order valence-electron chi connectivity index (χ2n) is 6.93. The third kappa shape index (κ3) is 3.31. The van der Waals surface area contributed by atoms with Crippen LogP contribution >= 0.6 is 0 Å². The van der Waals surface area contributed by atoms with Crippen molar-refractivity contribution in [2.75, 3.05) is 10.7 Å². The van der Waals surface area contributed by atoms with E-state index in [1.807, 2.05) is 24.3 Å². The van der Waals surface area contributed by atoms with E-state index in [0.29, 0.717) is 24.1 Å². The lowest BCUT2D eigenvalue weighted by molar-refractivity contribution is 0.657. The number of nitrogen functional groups attached to an aromatic ring is 1. The van der Waals surface area contributed by atoms with Gasteiger partial charge in [0, 0.05) is 23.5 Å². The number of anilines is 2. The highest BCUT2D eigenvalue weighted by Crippen LogP contribution is 2.33. The first-order valence-corrected chi connectivity index (χ1v) is 8.84. The smallest absolute Gasteiger partial charge is 0.186 e. The number of rotatable bonds is 4. The SMILES string of the molecule is Nc1ncc(C2CCC(N)C2)nc1N(N)Cc1ccc2ncccc2c1. The number of aromatic nitrogens is 3. The predicted molar refractivity (Wildman–Crippen MR) is 103 cm³/mol. The topological polar surface area (TPSA) is 120 Å². The van der Waals surface area contributed by atoms with E-state index in [9.17, 15) is 0 Å². The lowest BCUT2D eigenvalue weighted by Gasteiger charge is -2.20. The number of nitrogens with two attached hydrogens (primary N) is 3. The van der Waals surface area contributed by atoms with Crippen LogP contribution in [0, 0.1) is 0 Å². The molecule has 1 aliphatic carbocycles. The molecule has 1 aromatic carbocycles. The zero-order chi connectivity index (χ0) is 18.1. The molecule has 134 valence electrons. The Kier molecular flexibility index (Phi) is 4.40.